The Labute approximate surface area is 187 Å². The number of hydrogen-bond acceptors (Lipinski definition) is 4. The van der Waals surface area contributed by atoms with Crippen LogP contribution < -0.4 is 0 Å². The molecular weight excluding hydrogens is 412 g/mol. The van der Waals surface area contributed by atoms with Gasteiger partial charge in [0.15, 0.2) is 0 Å². The van der Waals surface area contributed by atoms with Gasteiger partial charge in [-0.3, -0.25) is 9.59 Å². The zero-order valence-corrected chi connectivity index (χ0v) is 19.1. The number of hydrogen-bond donors (Lipinski definition) is 0. The smallest absolute Gasteiger partial charge is 0.343 e. The third kappa shape index (κ3) is 3.34. The first-order valence-corrected chi connectivity index (χ1v) is 10.8. The predicted octanol–water partition coefficient (Wildman–Crippen LogP) is 6.03. The van der Waals surface area contributed by atoms with Gasteiger partial charge >= 0.3 is 5.97 Å². The zero-order chi connectivity index (χ0) is 22.7. The summed E-state index contributed by atoms with van der Waals surface area (Å²) >= 11 is 6.30. The summed E-state index contributed by atoms with van der Waals surface area (Å²) in [6.45, 7) is 10.5. The maximum atomic E-state index is 13.4. The summed E-state index contributed by atoms with van der Waals surface area (Å²) in [5.41, 5.74) is 3.55. The van der Waals surface area contributed by atoms with Crippen molar-refractivity contribution >= 4 is 29.1 Å². The Bertz CT molecular complexity index is 1170. The van der Waals surface area contributed by atoms with E-state index in [0.717, 1.165) is 29.5 Å². The minimum atomic E-state index is -0.727. The Hall–Kier alpha value is -2.72. The molecule has 5 heteroatoms. The van der Waals surface area contributed by atoms with Crippen LogP contribution in [-0.2, 0) is 15.6 Å². The van der Waals surface area contributed by atoms with Gasteiger partial charge in [0.2, 0.25) is 17.3 Å². The van der Waals surface area contributed by atoms with Crippen molar-refractivity contribution in [3.63, 3.8) is 0 Å². The number of ether oxygens (including phenoxy) is 1. The number of Topliss-reactive ketones (excluding diaryl/α,β-unsaturated/α-hetero) is 2. The van der Waals surface area contributed by atoms with Crippen LogP contribution in [0.1, 0.15) is 88.3 Å². The van der Waals surface area contributed by atoms with Crippen molar-refractivity contribution in [2.75, 3.05) is 0 Å². The highest BCUT2D eigenvalue weighted by Gasteiger charge is 2.43. The normalized spacial score (nSPS) is 19.0. The van der Waals surface area contributed by atoms with Gasteiger partial charge in [-0.25, -0.2) is 4.79 Å². The highest BCUT2D eigenvalue weighted by Crippen LogP contribution is 2.49. The van der Waals surface area contributed by atoms with Gasteiger partial charge in [-0.05, 0) is 65.5 Å². The van der Waals surface area contributed by atoms with Gasteiger partial charge in [0.1, 0.15) is 5.03 Å². The van der Waals surface area contributed by atoms with Crippen molar-refractivity contribution < 1.29 is 19.1 Å². The van der Waals surface area contributed by atoms with Crippen LogP contribution in [0.4, 0.5) is 0 Å². The second kappa shape index (κ2) is 7.16. The molecule has 0 bridgehead atoms. The van der Waals surface area contributed by atoms with Crippen LogP contribution in [0, 0.1) is 6.92 Å². The molecule has 0 unspecified atom stereocenters. The summed E-state index contributed by atoms with van der Waals surface area (Å²) in [4.78, 5) is 39.1. The van der Waals surface area contributed by atoms with Crippen LogP contribution in [0.15, 0.2) is 47.2 Å². The third-order valence-corrected chi connectivity index (χ3v) is 6.98. The molecule has 4 rings (SSSR count). The fourth-order valence-corrected chi connectivity index (χ4v) is 5.05. The summed E-state index contributed by atoms with van der Waals surface area (Å²) < 4.78 is 5.34. The Morgan fingerprint density at radius 3 is 2.23 bits per heavy atom. The number of allylic oxidation sites excluding steroid dienone is 2. The lowest BCUT2D eigenvalue weighted by Crippen LogP contribution is -2.37. The summed E-state index contributed by atoms with van der Waals surface area (Å²) in [6, 6.07) is 10.1. The van der Waals surface area contributed by atoms with Crippen LogP contribution in [0.3, 0.4) is 0 Å². The van der Waals surface area contributed by atoms with E-state index in [2.05, 4.69) is 27.7 Å². The van der Waals surface area contributed by atoms with Gasteiger partial charge < -0.3 is 4.74 Å². The predicted molar refractivity (Wildman–Crippen MR) is 120 cm³/mol. The molecule has 2 aliphatic carbocycles. The SMILES string of the molecule is Cc1c2c(cc3c1C(C)(C)CCC3(C)C)C(=O)C(OC(=O)c1ccccc1)=C(Cl)C2=O. The summed E-state index contributed by atoms with van der Waals surface area (Å²) in [5, 5.41) is -0.349. The van der Waals surface area contributed by atoms with E-state index >= 15 is 0 Å². The fourth-order valence-electron chi connectivity index (χ4n) is 4.83. The van der Waals surface area contributed by atoms with E-state index in [-0.39, 0.29) is 27.0 Å². The molecule has 2 aromatic rings. The minimum absolute atomic E-state index is 0.121. The Kier molecular flexibility index (Phi) is 4.97. The van der Waals surface area contributed by atoms with Gasteiger partial charge in [0.25, 0.3) is 0 Å². The second-order valence-corrected chi connectivity index (χ2v) is 10.0. The first-order valence-electron chi connectivity index (χ1n) is 10.4. The van der Waals surface area contributed by atoms with Crippen molar-refractivity contribution in [3.8, 4) is 0 Å². The second-order valence-electron chi connectivity index (χ2n) is 9.67. The van der Waals surface area contributed by atoms with Crippen molar-refractivity contribution in [2.24, 2.45) is 0 Å². The molecule has 0 heterocycles. The van der Waals surface area contributed by atoms with Gasteiger partial charge in [0, 0.05) is 11.1 Å². The number of benzene rings is 2. The number of carbonyl (C=O) groups excluding carboxylic acids is 3. The van der Waals surface area contributed by atoms with E-state index in [9.17, 15) is 14.4 Å². The quantitative estimate of drug-likeness (QED) is 0.539. The van der Waals surface area contributed by atoms with Gasteiger partial charge in [0.05, 0.1) is 5.56 Å². The van der Waals surface area contributed by atoms with E-state index in [1.807, 2.05) is 13.0 Å². The fraction of sp³-hybridized carbons (Fsp3) is 0.346. The topological polar surface area (TPSA) is 60.4 Å². The molecule has 0 N–H and O–H groups in total. The molecule has 0 fully saturated rings. The van der Waals surface area contributed by atoms with Crippen LogP contribution in [0.2, 0.25) is 0 Å². The maximum Gasteiger partial charge on any atom is 0.343 e. The van der Waals surface area contributed by atoms with Gasteiger partial charge in [-0.2, -0.15) is 0 Å². The van der Waals surface area contributed by atoms with Crippen molar-refractivity contribution in [3.05, 3.63) is 80.6 Å². The Morgan fingerprint density at radius 1 is 0.968 bits per heavy atom. The van der Waals surface area contributed by atoms with Crippen molar-refractivity contribution in [2.45, 2.75) is 58.3 Å². The van der Waals surface area contributed by atoms with Crippen molar-refractivity contribution in [1.82, 2.24) is 0 Å². The van der Waals surface area contributed by atoms with Crippen LogP contribution in [0.5, 0.6) is 0 Å². The number of fused-ring (bicyclic) bond motifs is 2. The number of rotatable bonds is 2. The van der Waals surface area contributed by atoms with E-state index in [4.69, 9.17) is 16.3 Å². The zero-order valence-electron chi connectivity index (χ0n) is 18.4. The standard InChI is InChI=1S/C26H25ClO4/c1-14-18-16(13-17-19(14)26(4,5)12-11-25(17,2)3)21(28)23(20(27)22(18)29)31-24(30)15-9-7-6-8-10-15/h6-10,13H,11-12H2,1-5H3. The molecule has 160 valence electrons. The lowest BCUT2D eigenvalue weighted by Gasteiger charge is -2.44. The van der Waals surface area contributed by atoms with E-state index < -0.39 is 23.3 Å². The monoisotopic (exact) mass is 436 g/mol. The molecule has 0 saturated carbocycles. The minimum Gasteiger partial charge on any atom is -0.417 e. The number of esters is 1. The molecule has 0 spiro atoms. The molecule has 2 aliphatic rings. The lowest BCUT2D eigenvalue weighted by molar-refractivity contribution is 0.0583. The largest absolute Gasteiger partial charge is 0.417 e. The molecule has 2 aromatic carbocycles. The third-order valence-electron chi connectivity index (χ3n) is 6.64. The molecule has 0 atom stereocenters. The lowest BCUT2D eigenvalue weighted by atomic mass is 9.60. The summed E-state index contributed by atoms with van der Waals surface area (Å²) in [6.07, 6.45) is 1.96. The van der Waals surface area contributed by atoms with Crippen LogP contribution in [0.25, 0.3) is 0 Å². The average molecular weight is 437 g/mol. The van der Waals surface area contributed by atoms with Crippen LogP contribution in [-0.4, -0.2) is 17.5 Å². The molecule has 0 radical (unpaired) electrons. The van der Waals surface area contributed by atoms with Crippen molar-refractivity contribution in [1.29, 1.82) is 0 Å². The highest BCUT2D eigenvalue weighted by molar-refractivity contribution is 6.50. The van der Waals surface area contributed by atoms with E-state index in [0.29, 0.717) is 5.56 Å². The molecule has 0 aromatic heterocycles. The number of halogens is 1. The van der Waals surface area contributed by atoms with E-state index in [1.165, 1.54) is 0 Å². The molecule has 0 saturated heterocycles. The average Bonchev–Trinajstić information content (AvgIpc) is 2.72. The maximum absolute atomic E-state index is 13.4. The molecule has 4 nitrogen and oxygen atoms in total. The molecule has 31 heavy (non-hydrogen) atoms. The van der Waals surface area contributed by atoms with Gasteiger partial charge in [-0.15, -0.1) is 0 Å². The number of carbonyl (C=O) groups is 3. The summed E-state index contributed by atoms with van der Waals surface area (Å²) in [5.74, 6) is -2.14. The van der Waals surface area contributed by atoms with E-state index in [1.54, 1.807) is 30.3 Å². The Morgan fingerprint density at radius 2 is 1.58 bits per heavy atom. The highest BCUT2D eigenvalue weighted by atomic mass is 35.5. The van der Waals surface area contributed by atoms with Crippen LogP contribution >= 0.6 is 11.6 Å². The molecular formula is C26H25ClO4. The first kappa shape index (κ1) is 21.5. The summed E-state index contributed by atoms with van der Waals surface area (Å²) in [7, 11) is 0. The number of ketones is 2. The molecule has 0 amide bonds. The first-order chi connectivity index (χ1) is 14.5. The van der Waals surface area contributed by atoms with Gasteiger partial charge in [-0.1, -0.05) is 57.5 Å². The molecule has 0 aliphatic heterocycles. The Balaban J connectivity index is 1.86.